The molecule has 0 heterocycles. The molecule has 0 bridgehead atoms. The Kier molecular flexibility index (Phi) is 13.8. The Morgan fingerprint density at radius 2 is 0.864 bits per heavy atom. The molecular weight excluding hydrogens is 624 g/mol. The van der Waals surface area contributed by atoms with Crippen LogP contribution in [0.4, 0.5) is 0 Å². The Labute approximate surface area is 288 Å². The molecule has 0 fully saturated rings. The molecule has 0 saturated carbocycles. The first kappa shape index (κ1) is 35.7. The van der Waals surface area contributed by atoms with Crippen LogP contribution >= 0.6 is 0 Å². The van der Waals surface area contributed by atoms with Gasteiger partial charge in [-0.05, 0) is 73.9 Å². The van der Waals surface area contributed by atoms with Gasteiger partial charge in [0.25, 0.3) is 0 Å². The first-order chi connectivity index (χ1) is 20.8. The Bertz CT molecular complexity index is 1650. The van der Waals surface area contributed by atoms with Gasteiger partial charge in [0.15, 0.2) is 0 Å². The third-order valence-electron chi connectivity index (χ3n) is 8.49. The van der Waals surface area contributed by atoms with E-state index in [1.807, 2.05) is 0 Å². The summed E-state index contributed by atoms with van der Waals surface area (Å²) in [6, 6.07) is 35.9. The van der Waals surface area contributed by atoms with E-state index in [0.29, 0.717) is 0 Å². The van der Waals surface area contributed by atoms with Crippen molar-refractivity contribution in [3.63, 3.8) is 0 Å². The fraction of sp³-hybridized carbons (Fsp3) is 0.286. The predicted molar refractivity (Wildman–Crippen MR) is 194 cm³/mol. The van der Waals surface area contributed by atoms with Crippen molar-refractivity contribution >= 4 is 31.1 Å². The maximum atomic E-state index is 2.37. The molecule has 6 rings (SSSR count). The summed E-state index contributed by atoms with van der Waals surface area (Å²) in [5.74, 6) is 0. The average Bonchev–Trinajstić information content (AvgIpc) is 3.61. The van der Waals surface area contributed by atoms with E-state index in [0.717, 1.165) is 9.52 Å². The second kappa shape index (κ2) is 17.0. The minimum Gasteiger partial charge on any atom is -0.164 e. The standard InChI is InChI=1S/2C20H21.C2H6Si.Zr/c2*1-4-7-16-12-17-9-6-11-19(20(17)13-16)18-10-5-8-14(2)15(18)3;1-3-2;/h2*5-6,8-13H,4,7H2,1-3H3;1-2H3;/q2*-1;;+2. The maximum Gasteiger partial charge on any atom is 2.00 e. The monoisotopic (exact) mass is 670 g/mol. The Morgan fingerprint density at radius 1 is 0.523 bits per heavy atom. The number of hydrogen-bond donors (Lipinski definition) is 0. The quantitative estimate of drug-likeness (QED) is 0.122. The molecule has 0 saturated heterocycles. The molecule has 2 radical (unpaired) electrons. The molecule has 0 spiro atoms. The summed E-state index contributed by atoms with van der Waals surface area (Å²) >= 11 is 0. The van der Waals surface area contributed by atoms with E-state index in [-0.39, 0.29) is 26.2 Å². The van der Waals surface area contributed by atoms with Gasteiger partial charge in [-0.1, -0.05) is 99.4 Å². The fourth-order valence-corrected chi connectivity index (χ4v) is 6.02. The molecule has 0 atom stereocenters. The third kappa shape index (κ3) is 8.26. The molecule has 224 valence electrons. The largest absolute Gasteiger partial charge is 2.00 e. The first-order valence-corrected chi connectivity index (χ1v) is 17.9. The molecule has 0 aliphatic carbocycles. The van der Waals surface area contributed by atoms with Crippen molar-refractivity contribution in [2.24, 2.45) is 0 Å². The predicted octanol–water partition coefficient (Wildman–Crippen LogP) is 12.4. The zero-order chi connectivity index (χ0) is 30.9. The van der Waals surface area contributed by atoms with Gasteiger partial charge in [-0.2, -0.15) is 12.1 Å². The number of benzene rings is 4. The summed E-state index contributed by atoms with van der Waals surface area (Å²) in [6.45, 7) is 17.6. The van der Waals surface area contributed by atoms with Crippen molar-refractivity contribution in [2.75, 3.05) is 0 Å². The van der Waals surface area contributed by atoms with E-state index in [1.165, 1.54) is 103 Å². The molecule has 0 unspecified atom stereocenters. The molecule has 2 heteroatoms. The van der Waals surface area contributed by atoms with E-state index in [2.05, 4.69) is 152 Å². The summed E-state index contributed by atoms with van der Waals surface area (Å²) in [6.07, 6.45) is 4.74. The smallest absolute Gasteiger partial charge is 0.164 e. The van der Waals surface area contributed by atoms with Crippen LogP contribution in [-0.2, 0) is 39.0 Å². The van der Waals surface area contributed by atoms with E-state index in [9.17, 15) is 0 Å². The molecule has 0 aliphatic rings. The van der Waals surface area contributed by atoms with Gasteiger partial charge in [-0.25, -0.2) is 0 Å². The minimum atomic E-state index is 0. The molecule has 0 aliphatic heterocycles. The first-order valence-electron chi connectivity index (χ1n) is 15.9. The third-order valence-corrected chi connectivity index (χ3v) is 8.49. The van der Waals surface area contributed by atoms with Gasteiger partial charge < -0.3 is 0 Å². The topological polar surface area (TPSA) is 0 Å². The van der Waals surface area contributed by atoms with Crippen molar-refractivity contribution in [3.05, 3.63) is 130 Å². The summed E-state index contributed by atoms with van der Waals surface area (Å²) in [5, 5.41) is 5.52. The van der Waals surface area contributed by atoms with Crippen molar-refractivity contribution in [1.82, 2.24) is 0 Å². The maximum absolute atomic E-state index is 2.37. The zero-order valence-electron chi connectivity index (χ0n) is 28.1. The fourth-order valence-electron chi connectivity index (χ4n) is 6.02. The van der Waals surface area contributed by atoms with Gasteiger partial charge in [0.2, 0.25) is 0 Å². The van der Waals surface area contributed by atoms with Crippen LogP contribution in [0.15, 0.2) is 97.1 Å². The SMILES string of the molecule is CCCc1cc2c(-c3cccc(C)c3C)cccc2[cH-]1.CCCc1cc2c(-c3cccc(C)c3C)cccc2[cH-]1.C[Si]C.[Zr+2]. The van der Waals surface area contributed by atoms with Crippen LogP contribution < -0.4 is 0 Å². The molecule has 6 aromatic rings. The van der Waals surface area contributed by atoms with Crippen LogP contribution in [0.5, 0.6) is 0 Å². The molecule has 0 aromatic heterocycles. The van der Waals surface area contributed by atoms with Crippen molar-refractivity contribution in [1.29, 1.82) is 0 Å². The Balaban J connectivity index is 0.000000216. The van der Waals surface area contributed by atoms with Gasteiger partial charge in [-0.15, -0.1) is 69.1 Å². The number of rotatable bonds is 6. The zero-order valence-corrected chi connectivity index (χ0v) is 31.5. The minimum absolute atomic E-state index is 0. The second-order valence-corrected chi connectivity index (χ2v) is 12.8. The van der Waals surface area contributed by atoms with Crippen molar-refractivity contribution < 1.29 is 26.2 Å². The summed E-state index contributed by atoms with van der Waals surface area (Å²) in [4.78, 5) is 0. The number of hydrogen-bond acceptors (Lipinski definition) is 0. The molecular formula is C42H48SiZr. The van der Waals surface area contributed by atoms with Crippen LogP contribution in [0, 0.1) is 27.7 Å². The molecule has 44 heavy (non-hydrogen) atoms. The van der Waals surface area contributed by atoms with Crippen molar-refractivity contribution in [3.8, 4) is 22.3 Å². The summed E-state index contributed by atoms with van der Waals surface area (Å²) in [7, 11) is 1.08. The number of fused-ring (bicyclic) bond motifs is 2. The molecule has 0 nitrogen and oxygen atoms in total. The van der Waals surface area contributed by atoms with E-state index < -0.39 is 0 Å². The van der Waals surface area contributed by atoms with Crippen molar-refractivity contribution in [2.45, 2.75) is 80.3 Å². The van der Waals surface area contributed by atoms with E-state index in [1.54, 1.807) is 0 Å². The normalized spacial score (nSPS) is 10.5. The Morgan fingerprint density at radius 3 is 1.23 bits per heavy atom. The van der Waals surface area contributed by atoms with Crippen LogP contribution in [0.2, 0.25) is 13.1 Å². The van der Waals surface area contributed by atoms with Gasteiger partial charge in [0, 0.05) is 9.52 Å². The van der Waals surface area contributed by atoms with E-state index >= 15 is 0 Å². The Hall–Kier alpha value is -2.80. The van der Waals surface area contributed by atoms with Gasteiger partial charge in [0.1, 0.15) is 0 Å². The second-order valence-electron chi connectivity index (χ2n) is 11.8. The van der Waals surface area contributed by atoms with Crippen LogP contribution in [-0.4, -0.2) is 9.52 Å². The molecule has 6 aromatic carbocycles. The average molecular weight is 672 g/mol. The van der Waals surface area contributed by atoms with Gasteiger partial charge in [0.05, 0.1) is 0 Å². The van der Waals surface area contributed by atoms with Crippen LogP contribution in [0.1, 0.15) is 60.1 Å². The van der Waals surface area contributed by atoms with Gasteiger partial charge in [-0.3, -0.25) is 0 Å². The summed E-state index contributed by atoms with van der Waals surface area (Å²) in [5.41, 5.74) is 13.9. The van der Waals surface area contributed by atoms with Crippen LogP contribution in [0.3, 0.4) is 0 Å². The van der Waals surface area contributed by atoms with E-state index in [4.69, 9.17) is 0 Å². The molecule has 0 N–H and O–H groups in total. The van der Waals surface area contributed by atoms with Gasteiger partial charge >= 0.3 is 26.2 Å². The summed E-state index contributed by atoms with van der Waals surface area (Å²) < 4.78 is 0. The van der Waals surface area contributed by atoms with Crippen LogP contribution in [0.25, 0.3) is 43.8 Å². The molecule has 0 amide bonds. The number of aryl methyl sites for hydroxylation is 4.